The molecule has 1 heterocycles. The van der Waals surface area contributed by atoms with Gasteiger partial charge in [-0.25, -0.2) is 4.90 Å². The average molecular weight is 333 g/mol. The van der Waals surface area contributed by atoms with Crippen LogP contribution in [0.4, 0.5) is 5.69 Å². The number of rotatable bonds is 3. The topological polar surface area (TPSA) is 101 Å². The van der Waals surface area contributed by atoms with Gasteiger partial charge in [-0.1, -0.05) is 12.1 Å². The van der Waals surface area contributed by atoms with Gasteiger partial charge in [0.2, 0.25) is 0 Å². The lowest BCUT2D eigenvalue weighted by Gasteiger charge is -2.17. The molecule has 118 valence electrons. The fraction of sp³-hybridized carbons (Fsp3) is 0.0667. The van der Waals surface area contributed by atoms with Crippen molar-refractivity contribution in [2.45, 2.75) is 4.90 Å². The molecule has 3 rings (SSSR count). The SMILES string of the molecule is COc1ccc(N2C(=O)c3ccccc3C2=O)c(S(=O)(=O)O)c1. The van der Waals surface area contributed by atoms with Crippen molar-refractivity contribution >= 4 is 27.6 Å². The molecule has 0 aromatic heterocycles. The van der Waals surface area contributed by atoms with E-state index in [1.54, 1.807) is 12.1 Å². The molecular formula is C15H11NO6S. The third kappa shape index (κ3) is 2.37. The number of carbonyl (C=O) groups is 2. The zero-order valence-electron chi connectivity index (χ0n) is 11.9. The predicted octanol–water partition coefficient (Wildman–Crippen LogP) is 1.74. The predicted molar refractivity (Wildman–Crippen MR) is 80.4 cm³/mol. The number of hydrogen-bond acceptors (Lipinski definition) is 5. The van der Waals surface area contributed by atoms with Gasteiger partial charge in [-0.05, 0) is 24.3 Å². The normalized spacial score (nSPS) is 14.1. The molecule has 7 nitrogen and oxygen atoms in total. The minimum Gasteiger partial charge on any atom is -0.497 e. The van der Waals surface area contributed by atoms with Crippen molar-refractivity contribution in [2.24, 2.45) is 0 Å². The lowest BCUT2D eigenvalue weighted by molar-refractivity contribution is 0.0925. The summed E-state index contributed by atoms with van der Waals surface area (Å²) in [6.07, 6.45) is 0. The van der Waals surface area contributed by atoms with Crippen LogP contribution in [0.25, 0.3) is 0 Å². The van der Waals surface area contributed by atoms with Crippen LogP contribution in [-0.4, -0.2) is 31.9 Å². The zero-order chi connectivity index (χ0) is 16.8. The van der Waals surface area contributed by atoms with E-state index in [2.05, 4.69) is 0 Å². The van der Waals surface area contributed by atoms with E-state index in [9.17, 15) is 22.6 Å². The Kier molecular flexibility index (Phi) is 3.42. The van der Waals surface area contributed by atoms with Gasteiger partial charge in [-0.2, -0.15) is 8.42 Å². The highest BCUT2D eigenvalue weighted by atomic mass is 32.2. The number of fused-ring (bicyclic) bond motifs is 1. The number of nitrogens with zero attached hydrogens (tertiary/aromatic N) is 1. The first-order valence-electron chi connectivity index (χ1n) is 6.48. The summed E-state index contributed by atoms with van der Waals surface area (Å²) in [5.74, 6) is -1.14. The largest absolute Gasteiger partial charge is 0.497 e. The highest BCUT2D eigenvalue weighted by Gasteiger charge is 2.38. The minimum absolute atomic E-state index is 0.165. The lowest BCUT2D eigenvalue weighted by Crippen LogP contribution is -2.30. The van der Waals surface area contributed by atoms with Gasteiger partial charge in [0.1, 0.15) is 10.6 Å². The van der Waals surface area contributed by atoms with Gasteiger partial charge in [-0.3, -0.25) is 14.1 Å². The quantitative estimate of drug-likeness (QED) is 0.678. The number of hydrogen-bond donors (Lipinski definition) is 1. The Bertz CT molecular complexity index is 900. The number of carbonyl (C=O) groups excluding carboxylic acids is 2. The van der Waals surface area contributed by atoms with Crippen molar-refractivity contribution in [1.82, 2.24) is 0 Å². The van der Waals surface area contributed by atoms with Gasteiger partial charge in [0.05, 0.1) is 23.9 Å². The fourth-order valence-corrected chi connectivity index (χ4v) is 3.11. The molecule has 0 atom stereocenters. The molecule has 0 bridgehead atoms. The maximum Gasteiger partial charge on any atom is 0.296 e. The smallest absolute Gasteiger partial charge is 0.296 e. The van der Waals surface area contributed by atoms with E-state index >= 15 is 0 Å². The van der Waals surface area contributed by atoms with E-state index in [-0.39, 0.29) is 22.6 Å². The maximum absolute atomic E-state index is 12.4. The standard InChI is InChI=1S/C15H11NO6S/c1-22-9-6-7-12(13(8-9)23(19,20)21)16-14(17)10-4-2-3-5-11(10)15(16)18/h2-8H,1H3,(H,19,20,21). The Morgan fingerprint density at radius 3 is 2.04 bits per heavy atom. The number of imide groups is 1. The summed E-state index contributed by atoms with van der Waals surface area (Å²) in [6.45, 7) is 0. The molecule has 2 aromatic carbocycles. The van der Waals surface area contributed by atoms with Gasteiger partial charge >= 0.3 is 0 Å². The van der Waals surface area contributed by atoms with Gasteiger partial charge < -0.3 is 4.74 Å². The molecule has 0 fully saturated rings. The van der Waals surface area contributed by atoms with Crippen molar-refractivity contribution < 1.29 is 27.3 Å². The van der Waals surface area contributed by atoms with Crippen molar-refractivity contribution in [3.8, 4) is 5.75 Å². The van der Waals surface area contributed by atoms with Crippen LogP contribution in [0.2, 0.25) is 0 Å². The molecule has 0 unspecified atom stereocenters. The van der Waals surface area contributed by atoms with Gasteiger partial charge in [0.15, 0.2) is 0 Å². The summed E-state index contributed by atoms with van der Waals surface area (Å²) in [5.41, 5.74) is 0.128. The molecular weight excluding hydrogens is 322 g/mol. The molecule has 1 aliphatic rings. The molecule has 1 N–H and O–H groups in total. The van der Waals surface area contributed by atoms with Crippen LogP contribution in [0.1, 0.15) is 20.7 Å². The Balaban J connectivity index is 2.21. The molecule has 0 spiro atoms. The first-order chi connectivity index (χ1) is 10.8. The first-order valence-corrected chi connectivity index (χ1v) is 7.92. The highest BCUT2D eigenvalue weighted by Crippen LogP contribution is 2.34. The molecule has 1 aliphatic heterocycles. The van der Waals surface area contributed by atoms with Gasteiger partial charge in [0.25, 0.3) is 21.9 Å². The minimum atomic E-state index is -4.66. The van der Waals surface area contributed by atoms with E-state index in [1.165, 1.54) is 31.4 Å². The van der Waals surface area contributed by atoms with E-state index in [1.807, 2.05) is 0 Å². The molecule has 0 saturated carbocycles. The van der Waals surface area contributed by atoms with Gasteiger partial charge in [0, 0.05) is 6.07 Å². The van der Waals surface area contributed by atoms with E-state index in [4.69, 9.17) is 4.74 Å². The second kappa shape index (κ2) is 5.18. The molecule has 0 saturated heterocycles. The van der Waals surface area contributed by atoms with Gasteiger partial charge in [-0.15, -0.1) is 0 Å². The van der Waals surface area contributed by atoms with E-state index < -0.39 is 26.8 Å². The summed E-state index contributed by atoms with van der Waals surface area (Å²) >= 11 is 0. The number of amides is 2. The van der Waals surface area contributed by atoms with Crippen LogP contribution in [-0.2, 0) is 10.1 Å². The van der Waals surface area contributed by atoms with Crippen LogP contribution >= 0.6 is 0 Å². The summed E-state index contributed by atoms with van der Waals surface area (Å²) in [5, 5.41) is 0. The van der Waals surface area contributed by atoms with Crippen LogP contribution in [0, 0.1) is 0 Å². The summed E-state index contributed by atoms with van der Waals surface area (Å²) in [4.78, 5) is 25.0. The summed E-state index contributed by atoms with van der Waals surface area (Å²) in [6, 6.07) is 9.85. The van der Waals surface area contributed by atoms with E-state index in [0.29, 0.717) is 0 Å². The number of benzene rings is 2. The lowest BCUT2D eigenvalue weighted by atomic mass is 10.1. The Labute approximate surface area is 131 Å². The van der Waals surface area contributed by atoms with Crippen LogP contribution in [0.15, 0.2) is 47.4 Å². The first kappa shape index (κ1) is 15.2. The monoisotopic (exact) mass is 333 g/mol. The fourth-order valence-electron chi connectivity index (χ4n) is 2.42. The van der Waals surface area contributed by atoms with Crippen molar-refractivity contribution in [3.63, 3.8) is 0 Å². The summed E-state index contributed by atoms with van der Waals surface area (Å²) in [7, 11) is -3.34. The van der Waals surface area contributed by atoms with Crippen molar-refractivity contribution in [1.29, 1.82) is 0 Å². The van der Waals surface area contributed by atoms with Crippen LogP contribution in [0.3, 0.4) is 0 Å². The van der Waals surface area contributed by atoms with Crippen molar-refractivity contribution in [2.75, 3.05) is 12.0 Å². The maximum atomic E-state index is 12.4. The van der Waals surface area contributed by atoms with Crippen molar-refractivity contribution in [3.05, 3.63) is 53.6 Å². The molecule has 0 radical (unpaired) electrons. The molecule has 2 aromatic rings. The van der Waals surface area contributed by atoms with Crippen LogP contribution in [0.5, 0.6) is 5.75 Å². The molecule has 8 heteroatoms. The molecule has 0 aliphatic carbocycles. The Morgan fingerprint density at radius 1 is 1.00 bits per heavy atom. The Hall–Kier alpha value is -2.71. The number of anilines is 1. The zero-order valence-corrected chi connectivity index (χ0v) is 12.7. The third-order valence-electron chi connectivity index (χ3n) is 3.48. The number of ether oxygens (including phenoxy) is 1. The second-order valence-corrected chi connectivity index (χ2v) is 6.19. The highest BCUT2D eigenvalue weighted by molar-refractivity contribution is 7.86. The van der Waals surface area contributed by atoms with Crippen LogP contribution < -0.4 is 9.64 Å². The third-order valence-corrected chi connectivity index (χ3v) is 4.36. The molecule has 23 heavy (non-hydrogen) atoms. The number of methoxy groups -OCH3 is 1. The summed E-state index contributed by atoms with van der Waals surface area (Å²) < 4.78 is 37.6. The van der Waals surface area contributed by atoms with E-state index in [0.717, 1.165) is 11.0 Å². The second-order valence-electron chi connectivity index (χ2n) is 4.80. The average Bonchev–Trinajstić information content (AvgIpc) is 2.78. The Morgan fingerprint density at radius 2 is 1.57 bits per heavy atom. The molecule has 2 amide bonds.